The maximum atomic E-state index is 11.7. The van der Waals surface area contributed by atoms with Crippen molar-refractivity contribution in [2.45, 2.75) is 26.3 Å². The average Bonchev–Trinajstić information content (AvgIpc) is 2.26. The van der Waals surface area contributed by atoms with Crippen LogP contribution in [0.2, 0.25) is 0 Å². The third kappa shape index (κ3) is 2.78. The van der Waals surface area contributed by atoms with Crippen molar-refractivity contribution in [3.8, 4) is 6.07 Å². The molecule has 0 fully saturated rings. The molecule has 4 nitrogen and oxygen atoms in total. The summed E-state index contributed by atoms with van der Waals surface area (Å²) in [6, 6.07) is 5.15. The summed E-state index contributed by atoms with van der Waals surface area (Å²) >= 11 is 0. The van der Waals surface area contributed by atoms with Gasteiger partial charge in [0, 0.05) is 6.20 Å². The van der Waals surface area contributed by atoms with Crippen LogP contribution >= 0.6 is 0 Å². The number of amides is 1. The molecule has 4 heteroatoms. The number of aryl methyl sites for hydroxylation is 1. The van der Waals surface area contributed by atoms with Crippen molar-refractivity contribution in [3.63, 3.8) is 0 Å². The Labute approximate surface area is 88.9 Å². The number of hydrogen-bond acceptors (Lipinski definition) is 3. The van der Waals surface area contributed by atoms with Gasteiger partial charge in [-0.25, -0.2) is 0 Å². The Hall–Kier alpha value is -1.89. The molecule has 78 valence electrons. The summed E-state index contributed by atoms with van der Waals surface area (Å²) in [6.07, 6.45) is 2.16. The van der Waals surface area contributed by atoms with E-state index in [4.69, 9.17) is 5.26 Å². The quantitative estimate of drug-likeness (QED) is 0.808. The fraction of sp³-hybridized carbons (Fsp3) is 0.364. The Morgan fingerprint density at radius 3 is 3.00 bits per heavy atom. The second kappa shape index (κ2) is 5.11. The Morgan fingerprint density at radius 2 is 2.47 bits per heavy atom. The molecule has 0 aliphatic carbocycles. The van der Waals surface area contributed by atoms with E-state index in [1.807, 2.05) is 26.0 Å². The van der Waals surface area contributed by atoms with Crippen LogP contribution in [0.5, 0.6) is 0 Å². The predicted molar refractivity (Wildman–Crippen MR) is 56.1 cm³/mol. The normalized spacial score (nSPS) is 11.5. The highest BCUT2D eigenvalue weighted by Crippen LogP contribution is 2.03. The summed E-state index contributed by atoms with van der Waals surface area (Å²) in [4.78, 5) is 15.6. The minimum absolute atomic E-state index is 0.290. The van der Waals surface area contributed by atoms with Gasteiger partial charge in [0.1, 0.15) is 11.7 Å². The van der Waals surface area contributed by atoms with Gasteiger partial charge in [-0.3, -0.25) is 9.78 Å². The molecule has 1 aromatic heterocycles. The molecule has 1 amide bonds. The molecule has 0 spiro atoms. The Bertz CT molecular complexity index is 395. The van der Waals surface area contributed by atoms with Crippen molar-refractivity contribution in [3.05, 3.63) is 29.6 Å². The van der Waals surface area contributed by atoms with Crippen LogP contribution in [0.25, 0.3) is 0 Å². The monoisotopic (exact) mass is 203 g/mol. The molecule has 0 aromatic carbocycles. The second-order valence-corrected chi connectivity index (χ2v) is 3.23. The van der Waals surface area contributed by atoms with E-state index in [-0.39, 0.29) is 5.91 Å². The van der Waals surface area contributed by atoms with E-state index in [1.54, 1.807) is 12.3 Å². The summed E-state index contributed by atoms with van der Waals surface area (Å²) in [5.74, 6) is -0.290. The first-order chi connectivity index (χ1) is 7.19. The first-order valence-corrected chi connectivity index (χ1v) is 4.81. The third-order valence-corrected chi connectivity index (χ3v) is 2.09. The lowest BCUT2D eigenvalue weighted by Crippen LogP contribution is -2.34. The van der Waals surface area contributed by atoms with Crippen LogP contribution < -0.4 is 5.32 Å². The van der Waals surface area contributed by atoms with Crippen LogP contribution in [0, 0.1) is 18.3 Å². The molecule has 0 bridgehead atoms. The number of nitriles is 1. The Morgan fingerprint density at radius 1 is 1.73 bits per heavy atom. The molecule has 0 saturated heterocycles. The number of rotatable bonds is 3. The lowest BCUT2D eigenvalue weighted by molar-refractivity contribution is 0.0939. The lowest BCUT2D eigenvalue weighted by Gasteiger charge is -2.09. The van der Waals surface area contributed by atoms with Gasteiger partial charge in [-0.2, -0.15) is 5.26 Å². The minimum Gasteiger partial charge on any atom is -0.335 e. The van der Waals surface area contributed by atoms with E-state index in [0.29, 0.717) is 12.1 Å². The van der Waals surface area contributed by atoms with Crippen molar-refractivity contribution in [2.75, 3.05) is 0 Å². The maximum Gasteiger partial charge on any atom is 0.271 e. The van der Waals surface area contributed by atoms with Crippen molar-refractivity contribution < 1.29 is 4.79 Å². The van der Waals surface area contributed by atoms with Gasteiger partial charge in [-0.15, -0.1) is 0 Å². The largest absolute Gasteiger partial charge is 0.335 e. The number of nitrogens with one attached hydrogen (secondary N) is 1. The fourth-order valence-corrected chi connectivity index (χ4v) is 1.18. The van der Waals surface area contributed by atoms with Gasteiger partial charge in [0.05, 0.1) is 6.07 Å². The highest BCUT2D eigenvalue weighted by atomic mass is 16.1. The molecule has 1 aromatic rings. The highest BCUT2D eigenvalue weighted by Gasteiger charge is 2.13. The van der Waals surface area contributed by atoms with Crippen molar-refractivity contribution >= 4 is 5.91 Å². The zero-order valence-corrected chi connectivity index (χ0v) is 8.82. The number of hydrogen-bond donors (Lipinski definition) is 1. The number of carbonyl (C=O) groups is 1. The summed E-state index contributed by atoms with van der Waals surface area (Å²) in [5.41, 5.74) is 1.19. The molecule has 1 unspecified atom stereocenters. The van der Waals surface area contributed by atoms with Gasteiger partial charge in [0.25, 0.3) is 5.91 Å². The smallest absolute Gasteiger partial charge is 0.271 e. The van der Waals surface area contributed by atoms with Gasteiger partial charge in [0.15, 0.2) is 0 Å². The van der Waals surface area contributed by atoms with E-state index >= 15 is 0 Å². The zero-order chi connectivity index (χ0) is 11.3. The molecule has 0 aliphatic rings. The van der Waals surface area contributed by atoms with Crippen LogP contribution in [0.4, 0.5) is 0 Å². The van der Waals surface area contributed by atoms with Crippen molar-refractivity contribution in [1.29, 1.82) is 5.26 Å². The van der Waals surface area contributed by atoms with Crippen molar-refractivity contribution in [1.82, 2.24) is 10.3 Å². The van der Waals surface area contributed by atoms with E-state index in [1.165, 1.54) is 0 Å². The van der Waals surface area contributed by atoms with E-state index in [9.17, 15) is 4.79 Å². The first kappa shape index (κ1) is 11.2. The van der Waals surface area contributed by atoms with Gasteiger partial charge >= 0.3 is 0 Å². The Balaban J connectivity index is 2.79. The van der Waals surface area contributed by atoms with Gasteiger partial charge in [-0.1, -0.05) is 13.0 Å². The molecule has 0 aliphatic heterocycles. The van der Waals surface area contributed by atoms with Gasteiger partial charge < -0.3 is 5.32 Å². The topological polar surface area (TPSA) is 65.8 Å². The molecule has 1 atom stereocenters. The van der Waals surface area contributed by atoms with Crippen LogP contribution in [0.1, 0.15) is 29.4 Å². The predicted octanol–water partition coefficient (Wildman–Crippen LogP) is 1.42. The molecule has 15 heavy (non-hydrogen) atoms. The van der Waals surface area contributed by atoms with E-state index < -0.39 is 6.04 Å². The molecular formula is C11H13N3O. The first-order valence-electron chi connectivity index (χ1n) is 4.81. The third-order valence-electron chi connectivity index (χ3n) is 2.09. The standard InChI is InChI=1S/C11H13N3O/c1-3-9(7-12)14-11(15)10-8(2)5-4-6-13-10/h4-6,9H,3H2,1-2H3,(H,14,15). The van der Waals surface area contributed by atoms with E-state index in [0.717, 1.165) is 5.56 Å². The highest BCUT2D eigenvalue weighted by molar-refractivity contribution is 5.93. The van der Waals surface area contributed by atoms with Gasteiger partial charge in [-0.05, 0) is 25.0 Å². The van der Waals surface area contributed by atoms with Crippen LogP contribution in [-0.4, -0.2) is 16.9 Å². The van der Waals surface area contributed by atoms with Gasteiger partial charge in [0.2, 0.25) is 0 Å². The minimum atomic E-state index is -0.445. The average molecular weight is 203 g/mol. The number of aromatic nitrogens is 1. The summed E-state index contributed by atoms with van der Waals surface area (Å²) in [6.45, 7) is 3.66. The molecular weight excluding hydrogens is 190 g/mol. The van der Waals surface area contributed by atoms with Crippen LogP contribution in [0.3, 0.4) is 0 Å². The summed E-state index contributed by atoms with van der Waals surface area (Å²) in [5, 5.41) is 11.3. The maximum absolute atomic E-state index is 11.7. The molecule has 1 rings (SSSR count). The molecule has 1 heterocycles. The van der Waals surface area contributed by atoms with Crippen LogP contribution in [-0.2, 0) is 0 Å². The number of pyridine rings is 1. The van der Waals surface area contributed by atoms with E-state index in [2.05, 4.69) is 10.3 Å². The summed E-state index contributed by atoms with van der Waals surface area (Å²) in [7, 11) is 0. The number of carbonyl (C=O) groups excluding carboxylic acids is 1. The molecule has 0 radical (unpaired) electrons. The number of nitrogens with zero attached hydrogens (tertiary/aromatic N) is 2. The molecule has 1 N–H and O–H groups in total. The fourth-order valence-electron chi connectivity index (χ4n) is 1.18. The molecule has 0 saturated carbocycles. The zero-order valence-electron chi connectivity index (χ0n) is 8.82. The summed E-state index contributed by atoms with van der Waals surface area (Å²) < 4.78 is 0. The van der Waals surface area contributed by atoms with Crippen LogP contribution in [0.15, 0.2) is 18.3 Å². The SMILES string of the molecule is CCC(C#N)NC(=O)c1ncccc1C. The lowest BCUT2D eigenvalue weighted by atomic mass is 10.2. The second-order valence-electron chi connectivity index (χ2n) is 3.23. The Kier molecular flexibility index (Phi) is 3.81. The van der Waals surface area contributed by atoms with Crippen molar-refractivity contribution in [2.24, 2.45) is 0 Å².